The highest BCUT2D eigenvalue weighted by Gasteiger charge is 2.25. The van der Waals surface area contributed by atoms with Crippen LogP contribution in [0.1, 0.15) is 15.9 Å². The van der Waals surface area contributed by atoms with E-state index in [4.69, 9.17) is 9.47 Å². The van der Waals surface area contributed by atoms with Crippen LogP contribution >= 0.6 is 0 Å². The first-order chi connectivity index (χ1) is 13.0. The fourth-order valence-electron chi connectivity index (χ4n) is 3.22. The predicted octanol–water partition coefficient (Wildman–Crippen LogP) is 1.57. The van der Waals surface area contributed by atoms with Crippen LogP contribution in [0.5, 0.6) is 11.5 Å². The zero-order valence-corrected chi connectivity index (χ0v) is 16.0. The van der Waals surface area contributed by atoms with Gasteiger partial charge in [-0.2, -0.15) is 0 Å². The molecule has 2 aromatic rings. The molecule has 144 valence electrons. The van der Waals surface area contributed by atoms with E-state index in [0.717, 1.165) is 5.56 Å². The molecule has 0 atom stereocenters. The zero-order valence-electron chi connectivity index (χ0n) is 16.0. The number of hydrogen-bond donors (Lipinski definition) is 0. The first-order valence-corrected chi connectivity index (χ1v) is 8.91. The summed E-state index contributed by atoms with van der Waals surface area (Å²) in [5, 5.41) is 0. The normalized spacial score (nSPS) is 14.2. The molecule has 3 rings (SSSR count). The first-order valence-electron chi connectivity index (χ1n) is 8.91. The SMILES string of the molecule is COc1cc(OC)cc(C(=O)N2CCN(C(=O)Cc3ccn(C)c3)CC2)c1. The Labute approximate surface area is 159 Å². The van der Waals surface area contributed by atoms with Gasteiger partial charge in [0.05, 0.1) is 20.6 Å². The average Bonchev–Trinajstić information content (AvgIpc) is 3.11. The zero-order chi connectivity index (χ0) is 19.4. The van der Waals surface area contributed by atoms with Crippen LogP contribution in [0.4, 0.5) is 0 Å². The third-order valence-corrected chi connectivity index (χ3v) is 4.77. The Morgan fingerprint density at radius 1 is 0.963 bits per heavy atom. The lowest BCUT2D eigenvalue weighted by molar-refractivity contribution is -0.131. The molecule has 0 aliphatic carbocycles. The minimum absolute atomic E-state index is 0.0811. The molecule has 0 spiro atoms. The van der Waals surface area contributed by atoms with E-state index in [-0.39, 0.29) is 11.8 Å². The number of hydrogen-bond acceptors (Lipinski definition) is 4. The number of ether oxygens (including phenoxy) is 2. The van der Waals surface area contributed by atoms with Gasteiger partial charge in [-0.05, 0) is 23.8 Å². The highest BCUT2D eigenvalue weighted by molar-refractivity contribution is 5.95. The van der Waals surface area contributed by atoms with Gasteiger partial charge in [-0.25, -0.2) is 0 Å². The maximum absolute atomic E-state index is 12.8. The van der Waals surface area contributed by atoms with Crippen molar-refractivity contribution >= 4 is 11.8 Å². The fourth-order valence-corrected chi connectivity index (χ4v) is 3.22. The minimum atomic E-state index is -0.0811. The molecule has 0 N–H and O–H groups in total. The smallest absolute Gasteiger partial charge is 0.254 e. The molecule has 1 saturated heterocycles. The van der Waals surface area contributed by atoms with E-state index in [0.29, 0.717) is 49.7 Å². The van der Waals surface area contributed by atoms with Gasteiger partial charge in [0.15, 0.2) is 0 Å². The highest BCUT2D eigenvalue weighted by Crippen LogP contribution is 2.24. The van der Waals surface area contributed by atoms with Gasteiger partial charge in [0.2, 0.25) is 5.91 Å². The van der Waals surface area contributed by atoms with Crippen molar-refractivity contribution in [2.75, 3.05) is 40.4 Å². The molecule has 1 aromatic heterocycles. The number of carbonyl (C=O) groups excluding carboxylic acids is 2. The summed E-state index contributed by atoms with van der Waals surface area (Å²) < 4.78 is 12.4. The largest absolute Gasteiger partial charge is 0.497 e. The van der Waals surface area contributed by atoms with Gasteiger partial charge in [0, 0.05) is 57.3 Å². The van der Waals surface area contributed by atoms with E-state index in [2.05, 4.69) is 0 Å². The minimum Gasteiger partial charge on any atom is -0.497 e. The van der Waals surface area contributed by atoms with Gasteiger partial charge in [-0.15, -0.1) is 0 Å². The summed E-state index contributed by atoms with van der Waals surface area (Å²) in [6.45, 7) is 2.11. The second-order valence-corrected chi connectivity index (χ2v) is 6.64. The lowest BCUT2D eigenvalue weighted by Crippen LogP contribution is -2.51. The van der Waals surface area contributed by atoms with Gasteiger partial charge in [0.1, 0.15) is 11.5 Å². The highest BCUT2D eigenvalue weighted by atomic mass is 16.5. The van der Waals surface area contributed by atoms with Crippen LogP contribution in [0.2, 0.25) is 0 Å². The Morgan fingerprint density at radius 2 is 1.56 bits per heavy atom. The molecule has 0 radical (unpaired) electrons. The quantitative estimate of drug-likeness (QED) is 0.800. The Hall–Kier alpha value is -2.96. The molecule has 1 aromatic carbocycles. The number of benzene rings is 1. The molecule has 27 heavy (non-hydrogen) atoms. The summed E-state index contributed by atoms with van der Waals surface area (Å²) in [6, 6.07) is 7.10. The van der Waals surface area contributed by atoms with Crippen LogP contribution in [0, 0.1) is 0 Å². The van der Waals surface area contributed by atoms with Crippen molar-refractivity contribution in [3.8, 4) is 11.5 Å². The molecule has 0 bridgehead atoms. The molecular weight excluding hydrogens is 346 g/mol. The van der Waals surface area contributed by atoms with Crippen LogP contribution < -0.4 is 9.47 Å². The standard InChI is InChI=1S/C20H25N3O4/c1-21-5-4-15(14-21)10-19(24)22-6-8-23(9-7-22)20(25)16-11-17(26-2)13-18(12-16)27-3/h4-5,11-14H,6-10H2,1-3H3. The molecule has 2 heterocycles. The monoisotopic (exact) mass is 371 g/mol. The number of methoxy groups -OCH3 is 2. The molecule has 0 unspecified atom stereocenters. The Morgan fingerprint density at radius 3 is 2.07 bits per heavy atom. The van der Waals surface area contributed by atoms with Crippen LogP contribution in [-0.4, -0.2) is 66.6 Å². The number of amides is 2. The number of nitrogens with zero attached hydrogens (tertiary/aromatic N) is 3. The molecule has 1 fully saturated rings. The van der Waals surface area contributed by atoms with Gasteiger partial charge in [0.25, 0.3) is 5.91 Å². The third kappa shape index (κ3) is 4.42. The summed E-state index contributed by atoms with van der Waals surface area (Å²) in [4.78, 5) is 28.9. The number of aryl methyl sites for hydroxylation is 1. The number of aromatic nitrogens is 1. The summed E-state index contributed by atoms with van der Waals surface area (Å²) >= 11 is 0. The summed E-state index contributed by atoms with van der Waals surface area (Å²) in [5.74, 6) is 1.17. The van der Waals surface area contributed by atoms with Crippen molar-refractivity contribution < 1.29 is 19.1 Å². The van der Waals surface area contributed by atoms with Crippen LogP contribution in [-0.2, 0) is 18.3 Å². The van der Waals surface area contributed by atoms with E-state index < -0.39 is 0 Å². The maximum Gasteiger partial charge on any atom is 0.254 e. The van der Waals surface area contributed by atoms with Crippen molar-refractivity contribution in [3.63, 3.8) is 0 Å². The van der Waals surface area contributed by atoms with Crippen molar-refractivity contribution in [2.24, 2.45) is 7.05 Å². The number of piperazine rings is 1. The third-order valence-electron chi connectivity index (χ3n) is 4.77. The fraction of sp³-hybridized carbons (Fsp3) is 0.400. The molecule has 1 aliphatic rings. The Bertz CT molecular complexity index is 800. The Balaban J connectivity index is 1.60. The van der Waals surface area contributed by atoms with Crippen LogP contribution in [0.15, 0.2) is 36.7 Å². The summed E-state index contributed by atoms with van der Waals surface area (Å²) in [7, 11) is 5.05. The molecule has 0 saturated carbocycles. The second kappa shape index (κ2) is 8.16. The summed E-state index contributed by atoms with van der Waals surface area (Å²) in [6.07, 6.45) is 4.28. The average molecular weight is 371 g/mol. The molecule has 2 amide bonds. The molecule has 7 nitrogen and oxygen atoms in total. The molecule has 7 heteroatoms. The van der Waals surface area contributed by atoms with E-state index in [1.54, 1.807) is 37.3 Å². The van der Waals surface area contributed by atoms with Crippen molar-refractivity contribution in [1.29, 1.82) is 0 Å². The van der Waals surface area contributed by atoms with E-state index >= 15 is 0 Å². The van der Waals surface area contributed by atoms with Gasteiger partial charge >= 0.3 is 0 Å². The van der Waals surface area contributed by atoms with Gasteiger partial charge < -0.3 is 23.8 Å². The second-order valence-electron chi connectivity index (χ2n) is 6.64. The number of rotatable bonds is 5. The first kappa shape index (κ1) is 18.8. The lowest BCUT2D eigenvalue weighted by Gasteiger charge is -2.35. The number of carbonyl (C=O) groups is 2. The van der Waals surface area contributed by atoms with Crippen LogP contribution in [0.3, 0.4) is 0 Å². The summed E-state index contributed by atoms with van der Waals surface area (Å²) in [5.41, 5.74) is 1.53. The Kier molecular flexibility index (Phi) is 5.69. The van der Waals surface area contributed by atoms with Crippen molar-refractivity contribution in [2.45, 2.75) is 6.42 Å². The van der Waals surface area contributed by atoms with Crippen molar-refractivity contribution in [1.82, 2.24) is 14.4 Å². The topological polar surface area (TPSA) is 64.0 Å². The van der Waals surface area contributed by atoms with Gasteiger partial charge in [-0.1, -0.05) is 0 Å². The van der Waals surface area contributed by atoms with Crippen LogP contribution in [0.25, 0.3) is 0 Å². The van der Waals surface area contributed by atoms with Crippen molar-refractivity contribution in [3.05, 3.63) is 47.8 Å². The predicted molar refractivity (Wildman–Crippen MR) is 101 cm³/mol. The van der Waals surface area contributed by atoms with E-state index in [9.17, 15) is 9.59 Å². The lowest BCUT2D eigenvalue weighted by atomic mass is 10.1. The van der Waals surface area contributed by atoms with E-state index in [1.807, 2.05) is 35.0 Å². The maximum atomic E-state index is 12.8. The molecule has 1 aliphatic heterocycles. The molecular formula is C20H25N3O4. The van der Waals surface area contributed by atoms with E-state index in [1.165, 1.54) is 0 Å². The van der Waals surface area contributed by atoms with Gasteiger partial charge in [-0.3, -0.25) is 9.59 Å².